The van der Waals surface area contributed by atoms with Gasteiger partial charge in [0.25, 0.3) is 5.91 Å². The number of Topliss-reactive ketones (excluding diaryl/α,β-unsaturated/α-hetero) is 1. The first-order valence-electron chi connectivity index (χ1n) is 8.43. The zero-order chi connectivity index (χ0) is 18.1. The maximum absolute atomic E-state index is 13.1. The van der Waals surface area contributed by atoms with E-state index in [-0.39, 0.29) is 11.7 Å². The van der Waals surface area contributed by atoms with Crippen molar-refractivity contribution in [2.45, 2.75) is 32.6 Å². The Kier molecular flexibility index (Phi) is 4.34. The summed E-state index contributed by atoms with van der Waals surface area (Å²) < 4.78 is 1.55. The lowest BCUT2D eigenvalue weighted by molar-refractivity contribution is 0.101. The molecule has 0 bridgehead atoms. The van der Waals surface area contributed by atoms with Crippen molar-refractivity contribution in [3.8, 4) is 5.00 Å². The van der Waals surface area contributed by atoms with E-state index in [0.717, 1.165) is 36.2 Å². The molecule has 2 aromatic heterocycles. The van der Waals surface area contributed by atoms with Crippen molar-refractivity contribution in [2.24, 2.45) is 0 Å². The third-order valence-electron chi connectivity index (χ3n) is 4.46. The van der Waals surface area contributed by atoms with Crippen LogP contribution in [0.2, 0.25) is 0 Å². The van der Waals surface area contributed by atoms with Crippen LogP contribution in [-0.2, 0) is 12.8 Å². The van der Waals surface area contributed by atoms with Crippen molar-refractivity contribution in [2.75, 3.05) is 5.32 Å². The molecule has 0 saturated carbocycles. The first-order valence-corrected chi connectivity index (χ1v) is 9.25. The van der Waals surface area contributed by atoms with E-state index in [4.69, 9.17) is 0 Å². The number of benzene rings is 1. The maximum atomic E-state index is 13.1. The van der Waals surface area contributed by atoms with Crippen LogP contribution in [0.5, 0.6) is 0 Å². The monoisotopic (exact) mass is 367 g/mol. The number of carbonyl (C=O) groups is 2. The summed E-state index contributed by atoms with van der Waals surface area (Å²) in [4.78, 5) is 25.9. The number of rotatable bonds is 4. The van der Waals surface area contributed by atoms with Crippen LogP contribution in [0, 0.1) is 0 Å². The third-order valence-corrected chi connectivity index (χ3v) is 5.75. The molecule has 1 aliphatic carbocycles. The van der Waals surface area contributed by atoms with Crippen molar-refractivity contribution in [3.05, 3.63) is 52.2 Å². The number of tetrazole rings is 1. The standard InChI is InChI=1S/C18H17N5O2S/c1-11(24)12-5-4-6-13(9-12)20-17(25)16-14-7-2-3-8-15(14)26-18(16)23-10-19-21-22-23/h4-6,9-10H,2-3,7-8H2,1H3,(H,20,25). The van der Waals surface area contributed by atoms with Crippen molar-refractivity contribution < 1.29 is 9.59 Å². The number of aromatic nitrogens is 4. The van der Waals surface area contributed by atoms with E-state index in [0.29, 0.717) is 16.8 Å². The molecule has 8 heteroatoms. The van der Waals surface area contributed by atoms with Gasteiger partial charge in [0.05, 0.1) is 5.56 Å². The second-order valence-corrected chi connectivity index (χ2v) is 7.32. The maximum Gasteiger partial charge on any atom is 0.259 e. The molecule has 0 fully saturated rings. The number of fused-ring (bicyclic) bond motifs is 1. The van der Waals surface area contributed by atoms with Gasteiger partial charge in [-0.15, -0.1) is 16.4 Å². The van der Waals surface area contributed by atoms with Crippen molar-refractivity contribution in [1.29, 1.82) is 0 Å². The summed E-state index contributed by atoms with van der Waals surface area (Å²) in [6.07, 6.45) is 5.56. The molecule has 2 heterocycles. The van der Waals surface area contributed by atoms with Crippen molar-refractivity contribution >= 4 is 28.7 Å². The molecule has 26 heavy (non-hydrogen) atoms. The summed E-state index contributed by atoms with van der Waals surface area (Å²) in [7, 11) is 0. The highest BCUT2D eigenvalue weighted by atomic mass is 32.1. The lowest BCUT2D eigenvalue weighted by Gasteiger charge is -2.13. The van der Waals surface area contributed by atoms with Gasteiger partial charge < -0.3 is 5.32 Å². The van der Waals surface area contributed by atoms with Crippen LogP contribution in [0.4, 0.5) is 5.69 Å². The van der Waals surface area contributed by atoms with Crippen LogP contribution in [0.1, 0.15) is 50.9 Å². The molecule has 1 N–H and O–H groups in total. The zero-order valence-electron chi connectivity index (χ0n) is 14.2. The molecule has 0 saturated heterocycles. The fourth-order valence-corrected chi connectivity index (χ4v) is 4.51. The van der Waals surface area contributed by atoms with Gasteiger partial charge in [0.1, 0.15) is 11.3 Å². The van der Waals surface area contributed by atoms with E-state index in [1.165, 1.54) is 18.1 Å². The predicted octanol–water partition coefficient (Wildman–Crippen LogP) is 3.06. The molecular weight excluding hydrogens is 350 g/mol. The van der Waals surface area contributed by atoms with Gasteiger partial charge >= 0.3 is 0 Å². The summed E-state index contributed by atoms with van der Waals surface area (Å²) in [5, 5.41) is 15.0. The minimum Gasteiger partial charge on any atom is -0.322 e. The molecule has 0 radical (unpaired) electrons. The molecule has 7 nitrogen and oxygen atoms in total. The molecule has 4 rings (SSSR count). The summed E-state index contributed by atoms with van der Waals surface area (Å²) in [5.74, 6) is -0.237. The first-order chi connectivity index (χ1) is 12.6. The predicted molar refractivity (Wildman–Crippen MR) is 98.1 cm³/mol. The van der Waals surface area contributed by atoms with E-state index in [9.17, 15) is 9.59 Å². The quantitative estimate of drug-likeness (QED) is 0.716. The topological polar surface area (TPSA) is 89.8 Å². The number of anilines is 1. The van der Waals surface area contributed by atoms with E-state index in [1.807, 2.05) is 0 Å². The minimum atomic E-state index is -0.199. The van der Waals surface area contributed by atoms with E-state index in [1.54, 1.807) is 40.3 Å². The van der Waals surface area contributed by atoms with Gasteiger partial charge in [-0.1, -0.05) is 12.1 Å². The number of ketones is 1. The number of hydrogen-bond acceptors (Lipinski definition) is 6. The fraction of sp³-hybridized carbons (Fsp3) is 0.278. The van der Waals surface area contributed by atoms with Gasteiger partial charge in [-0.3, -0.25) is 9.59 Å². The van der Waals surface area contributed by atoms with Crippen LogP contribution in [0.3, 0.4) is 0 Å². The molecule has 0 aliphatic heterocycles. The highest BCUT2D eigenvalue weighted by Gasteiger charge is 2.27. The molecule has 1 aliphatic rings. The first kappa shape index (κ1) is 16.6. The van der Waals surface area contributed by atoms with Crippen molar-refractivity contribution in [3.63, 3.8) is 0 Å². The molecule has 1 amide bonds. The Hall–Kier alpha value is -2.87. The van der Waals surface area contributed by atoms with Crippen LogP contribution >= 0.6 is 11.3 Å². The van der Waals surface area contributed by atoms with E-state index < -0.39 is 0 Å². The Morgan fingerprint density at radius 2 is 2.08 bits per heavy atom. The number of hydrogen-bond donors (Lipinski definition) is 1. The second kappa shape index (κ2) is 6.80. The normalized spacial score (nSPS) is 13.3. The SMILES string of the molecule is CC(=O)c1cccc(NC(=O)c2c(-n3cnnn3)sc3c2CCCC3)c1. The Balaban J connectivity index is 1.72. The molecule has 1 aromatic carbocycles. The third kappa shape index (κ3) is 3.03. The summed E-state index contributed by atoms with van der Waals surface area (Å²) in [6, 6.07) is 6.96. The molecule has 0 spiro atoms. The number of nitrogens with one attached hydrogen (secondary N) is 1. The number of nitrogens with zero attached hydrogens (tertiary/aromatic N) is 4. The lowest BCUT2D eigenvalue weighted by atomic mass is 9.95. The van der Waals surface area contributed by atoms with Gasteiger partial charge in [-0.2, -0.15) is 4.68 Å². The molecule has 0 atom stereocenters. The van der Waals surface area contributed by atoms with Crippen LogP contribution in [0.25, 0.3) is 5.00 Å². The van der Waals surface area contributed by atoms with Crippen LogP contribution in [-0.4, -0.2) is 31.9 Å². The average molecular weight is 367 g/mol. The van der Waals surface area contributed by atoms with Crippen LogP contribution in [0.15, 0.2) is 30.6 Å². The smallest absolute Gasteiger partial charge is 0.259 e. The Labute approximate surface area is 154 Å². The largest absolute Gasteiger partial charge is 0.322 e. The number of amides is 1. The van der Waals surface area contributed by atoms with Gasteiger partial charge in [0.15, 0.2) is 5.78 Å². The molecule has 132 valence electrons. The average Bonchev–Trinajstić information content (AvgIpc) is 3.29. The molecular formula is C18H17N5O2S. The lowest BCUT2D eigenvalue weighted by Crippen LogP contribution is -2.17. The summed E-state index contributed by atoms with van der Waals surface area (Å²) in [5.41, 5.74) is 2.88. The van der Waals surface area contributed by atoms with Gasteiger partial charge in [-0.25, -0.2) is 0 Å². The highest BCUT2D eigenvalue weighted by molar-refractivity contribution is 7.15. The van der Waals surface area contributed by atoms with E-state index in [2.05, 4.69) is 20.8 Å². The number of thiophene rings is 1. The number of carbonyl (C=O) groups excluding carboxylic acids is 2. The Bertz CT molecular complexity index is 978. The van der Waals surface area contributed by atoms with Crippen molar-refractivity contribution in [1.82, 2.24) is 20.2 Å². The second-order valence-electron chi connectivity index (χ2n) is 6.24. The Morgan fingerprint density at radius 3 is 2.85 bits per heavy atom. The minimum absolute atomic E-state index is 0.0385. The summed E-state index contributed by atoms with van der Waals surface area (Å²) >= 11 is 1.57. The molecule has 0 unspecified atom stereocenters. The fourth-order valence-electron chi connectivity index (χ4n) is 3.21. The molecule has 3 aromatic rings. The van der Waals surface area contributed by atoms with Gasteiger partial charge in [0.2, 0.25) is 0 Å². The van der Waals surface area contributed by atoms with E-state index >= 15 is 0 Å². The Morgan fingerprint density at radius 1 is 1.23 bits per heavy atom. The zero-order valence-corrected chi connectivity index (χ0v) is 15.0. The van der Waals surface area contributed by atoms with Gasteiger partial charge in [-0.05, 0) is 60.7 Å². The summed E-state index contributed by atoms with van der Waals surface area (Å²) in [6.45, 7) is 1.51. The van der Waals surface area contributed by atoms with Gasteiger partial charge in [0, 0.05) is 16.1 Å². The highest BCUT2D eigenvalue weighted by Crippen LogP contribution is 2.36. The van der Waals surface area contributed by atoms with Crippen LogP contribution < -0.4 is 5.32 Å². The number of aryl methyl sites for hydroxylation is 1.